The van der Waals surface area contributed by atoms with E-state index in [1.165, 1.54) is 6.07 Å². The van der Waals surface area contributed by atoms with Crippen molar-refractivity contribution in [3.05, 3.63) is 70.4 Å². The van der Waals surface area contributed by atoms with Gasteiger partial charge in [-0.2, -0.15) is 0 Å². The number of piperidine rings is 1. The average molecular weight is 455 g/mol. The number of nitrogens with zero attached hydrogens (tertiary/aromatic N) is 2. The summed E-state index contributed by atoms with van der Waals surface area (Å²) in [5.74, 6) is -0.590. The summed E-state index contributed by atoms with van der Waals surface area (Å²) in [6.45, 7) is 1.12. The van der Waals surface area contributed by atoms with E-state index in [0.717, 1.165) is 35.9 Å². The van der Waals surface area contributed by atoms with Crippen molar-refractivity contribution in [3.63, 3.8) is 0 Å². The average Bonchev–Trinajstić information content (AvgIpc) is 3.07. The molecule has 8 heteroatoms. The Balaban J connectivity index is 1.47. The summed E-state index contributed by atoms with van der Waals surface area (Å²) in [5.41, 5.74) is 1.01. The Bertz CT molecular complexity index is 1070. The van der Waals surface area contributed by atoms with Gasteiger partial charge in [0.2, 0.25) is 5.91 Å². The zero-order valence-electron chi connectivity index (χ0n) is 17.5. The number of carbonyl (C=O) groups excluding carboxylic acids is 3. The molecule has 32 heavy (non-hydrogen) atoms. The van der Waals surface area contributed by atoms with Crippen LogP contribution in [-0.2, 0) is 16.2 Å². The number of carbonyl (C=O) groups is 3. The van der Waals surface area contributed by atoms with Gasteiger partial charge in [0.05, 0.1) is 4.91 Å². The topological polar surface area (TPSA) is 66.9 Å². The summed E-state index contributed by atoms with van der Waals surface area (Å²) in [6, 6.07) is 13.4. The molecule has 2 aliphatic heterocycles. The van der Waals surface area contributed by atoms with Crippen LogP contribution in [0, 0.1) is 5.82 Å². The third-order valence-corrected chi connectivity index (χ3v) is 6.33. The molecular formula is C24H23FN2O4S. The van der Waals surface area contributed by atoms with E-state index in [1.54, 1.807) is 53.4 Å². The lowest BCUT2D eigenvalue weighted by molar-refractivity contribution is -0.136. The number of benzene rings is 2. The smallest absolute Gasteiger partial charge is 0.294 e. The molecule has 0 aromatic heterocycles. The third-order valence-electron chi connectivity index (χ3n) is 5.42. The molecule has 0 aliphatic carbocycles. The molecule has 0 unspecified atom stereocenters. The molecular weight excluding hydrogens is 431 g/mol. The van der Waals surface area contributed by atoms with Crippen LogP contribution in [0.4, 0.5) is 9.18 Å². The van der Waals surface area contributed by atoms with Crippen molar-refractivity contribution in [2.45, 2.75) is 25.9 Å². The highest BCUT2D eigenvalue weighted by molar-refractivity contribution is 8.18. The van der Waals surface area contributed by atoms with Crippen LogP contribution in [0.25, 0.3) is 6.08 Å². The van der Waals surface area contributed by atoms with Crippen molar-refractivity contribution >= 4 is 34.9 Å². The Morgan fingerprint density at radius 1 is 1.03 bits per heavy atom. The Kier molecular flexibility index (Phi) is 6.90. The number of para-hydroxylation sites is 1. The number of hydrogen-bond donors (Lipinski definition) is 0. The molecule has 2 aromatic carbocycles. The molecule has 6 nitrogen and oxygen atoms in total. The van der Waals surface area contributed by atoms with E-state index in [-0.39, 0.29) is 29.8 Å². The molecule has 0 spiro atoms. The first-order valence-electron chi connectivity index (χ1n) is 10.5. The van der Waals surface area contributed by atoms with Crippen LogP contribution < -0.4 is 4.74 Å². The van der Waals surface area contributed by atoms with Crippen LogP contribution >= 0.6 is 11.8 Å². The maximum Gasteiger partial charge on any atom is 0.294 e. The number of imide groups is 1. The SMILES string of the molecule is O=C(CN1C(=O)S/C(=C\c2ccccc2OCc2ccccc2F)C1=O)N1CCCCC1. The lowest BCUT2D eigenvalue weighted by Crippen LogP contribution is -2.44. The predicted molar refractivity (Wildman–Crippen MR) is 120 cm³/mol. The fourth-order valence-electron chi connectivity index (χ4n) is 3.66. The minimum Gasteiger partial charge on any atom is -0.488 e. The van der Waals surface area contributed by atoms with E-state index in [4.69, 9.17) is 4.74 Å². The minimum atomic E-state index is -0.491. The number of thioether (sulfide) groups is 1. The van der Waals surface area contributed by atoms with E-state index in [9.17, 15) is 18.8 Å². The van der Waals surface area contributed by atoms with E-state index in [0.29, 0.717) is 30.0 Å². The van der Waals surface area contributed by atoms with Crippen molar-refractivity contribution in [1.29, 1.82) is 0 Å². The standard InChI is InChI=1S/C24H23FN2O4S/c25-19-10-4-2-9-18(19)16-31-20-11-5-3-8-17(20)14-21-23(29)27(24(30)32-21)15-22(28)26-12-6-1-7-13-26/h2-5,8-11,14H,1,6-7,12-13,15-16H2/b21-14-. The predicted octanol–water partition coefficient (Wildman–Crippen LogP) is 4.45. The third kappa shape index (κ3) is 5.02. The first-order valence-corrected chi connectivity index (χ1v) is 11.3. The summed E-state index contributed by atoms with van der Waals surface area (Å²) in [5, 5.41) is -0.462. The maximum atomic E-state index is 13.9. The van der Waals surface area contributed by atoms with Crippen LogP contribution in [0.5, 0.6) is 5.75 Å². The van der Waals surface area contributed by atoms with E-state index >= 15 is 0 Å². The van der Waals surface area contributed by atoms with Gasteiger partial charge in [0.25, 0.3) is 11.1 Å². The lowest BCUT2D eigenvalue weighted by Gasteiger charge is -2.27. The second-order valence-corrected chi connectivity index (χ2v) is 8.62. The van der Waals surface area contributed by atoms with Crippen molar-refractivity contribution in [3.8, 4) is 5.75 Å². The lowest BCUT2D eigenvalue weighted by atomic mass is 10.1. The molecule has 0 saturated carbocycles. The zero-order chi connectivity index (χ0) is 22.5. The van der Waals surface area contributed by atoms with E-state index < -0.39 is 11.1 Å². The molecule has 166 valence electrons. The fraction of sp³-hybridized carbons (Fsp3) is 0.292. The van der Waals surface area contributed by atoms with Crippen molar-refractivity contribution < 1.29 is 23.5 Å². The first kappa shape index (κ1) is 22.1. The van der Waals surface area contributed by atoms with Crippen LogP contribution in [0.15, 0.2) is 53.4 Å². The van der Waals surface area contributed by atoms with Gasteiger partial charge < -0.3 is 9.64 Å². The van der Waals surface area contributed by atoms with Crippen LogP contribution in [0.3, 0.4) is 0 Å². The molecule has 0 radical (unpaired) electrons. The highest BCUT2D eigenvalue weighted by Crippen LogP contribution is 2.34. The molecule has 2 saturated heterocycles. The molecule has 2 heterocycles. The zero-order valence-corrected chi connectivity index (χ0v) is 18.3. The summed E-state index contributed by atoms with van der Waals surface area (Å²) in [4.78, 5) is 40.7. The molecule has 4 rings (SSSR count). The molecule has 0 bridgehead atoms. The van der Waals surface area contributed by atoms with Gasteiger partial charge in [-0.1, -0.05) is 36.4 Å². The molecule has 0 N–H and O–H groups in total. The van der Waals surface area contributed by atoms with Gasteiger partial charge in [-0.3, -0.25) is 19.3 Å². The molecule has 0 atom stereocenters. The first-order chi connectivity index (χ1) is 15.5. The summed E-state index contributed by atoms with van der Waals surface area (Å²) >= 11 is 0.803. The van der Waals surface area contributed by atoms with Gasteiger partial charge in [0, 0.05) is 24.2 Å². The van der Waals surface area contributed by atoms with Gasteiger partial charge in [0.1, 0.15) is 24.7 Å². The van der Waals surface area contributed by atoms with E-state index in [2.05, 4.69) is 0 Å². The largest absolute Gasteiger partial charge is 0.488 e. The quantitative estimate of drug-likeness (QED) is 0.603. The number of amides is 3. The Hall–Kier alpha value is -3.13. The number of hydrogen-bond acceptors (Lipinski definition) is 5. The summed E-state index contributed by atoms with van der Waals surface area (Å²) in [6.07, 6.45) is 4.55. The van der Waals surface area contributed by atoms with Gasteiger partial charge in [0.15, 0.2) is 0 Å². The van der Waals surface area contributed by atoms with E-state index in [1.807, 2.05) is 0 Å². The molecule has 2 fully saturated rings. The Labute approximate surface area is 190 Å². The van der Waals surface area contributed by atoms with Crippen molar-refractivity contribution in [2.75, 3.05) is 19.6 Å². The van der Waals surface area contributed by atoms with Crippen molar-refractivity contribution in [2.24, 2.45) is 0 Å². The van der Waals surface area contributed by atoms with Crippen LogP contribution in [0.1, 0.15) is 30.4 Å². The summed E-state index contributed by atoms with van der Waals surface area (Å²) < 4.78 is 19.7. The monoisotopic (exact) mass is 454 g/mol. The normalized spacial score (nSPS) is 17.8. The molecule has 2 aromatic rings. The van der Waals surface area contributed by atoms with Gasteiger partial charge >= 0.3 is 0 Å². The van der Waals surface area contributed by atoms with Gasteiger partial charge in [-0.25, -0.2) is 4.39 Å². The fourth-order valence-corrected chi connectivity index (χ4v) is 4.49. The summed E-state index contributed by atoms with van der Waals surface area (Å²) in [7, 11) is 0. The number of halogens is 1. The Morgan fingerprint density at radius 3 is 2.53 bits per heavy atom. The van der Waals surface area contributed by atoms with Crippen LogP contribution in [-0.4, -0.2) is 46.5 Å². The highest BCUT2D eigenvalue weighted by Gasteiger charge is 2.37. The maximum absolute atomic E-state index is 13.9. The van der Waals surface area contributed by atoms with Crippen LogP contribution in [0.2, 0.25) is 0 Å². The van der Waals surface area contributed by atoms with Gasteiger partial charge in [-0.05, 0) is 49.2 Å². The Morgan fingerprint density at radius 2 is 1.75 bits per heavy atom. The van der Waals surface area contributed by atoms with Crippen molar-refractivity contribution in [1.82, 2.24) is 9.80 Å². The second-order valence-electron chi connectivity index (χ2n) is 7.63. The second kappa shape index (κ2) is 9.99. The highest BCUT2D eigenvalue weighted by atomic mass is 32.2. The van der Waals surface area contributed by atoms with Gasteiger partial charge in [-0.15, -0.1) is 0 Å². The minimum absolute atomic E-state index is 0.0311. The number of ether oxygens (including phenoxy) is 1. The number of likely N-dealkylation sites (tertiary alicyclic amines) is 1. The molecule has 3 amide bonds. The molecule has 2 aliphatic rings. The number of rotatable bonds is 6.